The summed E-state index contributed by atoms with van der Waals surface area (Å²) in [6, 6.07) is 11.0. The first kappa shape index (κ1) is 29.3. The fourth-order valence-corrected chi connectivity index (χ4v) is 4.99. The molecule has 2 aromatic carbocycles. The number of anilines is 1. The number of hydrogen-bond donors (Lipinski definition) is 1. The zero-order chi connectivity index (χ0) is 30.0. The smallest absolute Gasteiger partial charge is 0.322 e. The van der Waals surface area contributed by atoms with Crippen LogP contribution in [0.5, 0.6) is 0 Å². The molecule has 1 aliphatic heterocycles. The normalized spacial score (nSPS) is 14.7. The number of benzene rings is 2. The Kier molecular flexibility index (Phi) is 8.34. The number of piperazine rings is 1. The number of likely N-dealkylation sites (N-methyl/N-ethyl adjacent to an activating group) is 1. The van der Waals surface area contributed by atoms with Crippen molar-refractivity contribution in [2.75, 3.05) is 38.5 Å². The summed E-state index contributed by atoms with van der Waals surface area (Å²) in [4.78, 5) is 21.8. The van der Waals surface area contributed by atoms with Crippen molar-refractivity contribution in [3.63, 3.8) is 0 Å². The van der Waals surface area contributed by atoms with Gasteiger partial charge in [-0.2, -0.15) is 18.3 Å². The van der Waals surface area contributed by atoms with E-state index in [1.165, 1.54) is 12.1 Å². The zero-order valence-corrected chi connectivity index (χ0v) is 24.1. The molecule has 1 fully saturated rings. The van der Waals surface area contributed by atoms with Crippen molar-refractivity contribution in [2.24, 2.45) is 0 Å². The molecular weight excluding hydrogens is 541 g/mol. The van der Waals surface area contributed by atoms with Crippen LogP contribution in [0.1, 0.15) is 63.6 Å². The number of nitrogens with one attached hydrogen (secondary N) is 1. The highest BCUT2D eigenvalue weighted by molar-refractivity contribution is 6.04. The molecule has 0 aliphatic carbocycles. The number of amides is 1. The number of aryl methyl sites for hydroxylation is 1. The van der Waals surface area contributed by atoms with Crippen molar-refractivity contribution < 1.29 is 18.0 Å². The van der Waals surface area contributed by atoms with Gasteiger partial charge in [0.1, 0.15) is 5.69 Å². The van der Waals surface area contributed by atoms with E-state index in [2.05, 4.69) is 46.0 Å². The number of imidazole rings is 1. The molecular formula is C32H33F3N6O. The van der Waals surface area contributed by atoms with E-state index in [-0.39, 0.29) is 23.7 Å². The summed E-state index contributed by atoms with van der Waals surface area (Å²) in [6.07, 6.45) is -1.16. The van der Waals surface area contributed by atoms with Gasteiger partial charge in [0, 0.05) is 61.3 Å². The van der Waals surface area contributed by atoms with E-state index >= 15 is 0 Å². The fraction of sp³-hybridized carbons (Fsp3) is 0.344. The quantitative estimate of drug-likeness (QED) is 0.316. The standard InChI is InChI=1S/C32H33F3N6O/c1-21(2)28-11-12-37-41-27(19-36-30(28)41)10-8-23-17-24(6-5-22(23)3)31(42)38-26-9-7-25(29(18-26)32(33,34)35)20-40-15-13-39(4)14-16-40/h5-7,9,11-12,17-19,21H,13-16,20H2,1-4H3,(H,38,42). The Morgan fingerprint density at radius 1 is 1.05 bits per heavy atom. The number of rotatable bonds is 5. The molecule has 0 saturated carbocycles. The van der Waals surface area contributed by atoms with Crippen molar-refractivity contribution in [3.8, 4) is 11.8 Å². The molecule has 2 aromatic heterocycles. The summed E-state index contributed by atoms with van der Waals surface area (Å²) >= 11 is 0. The van der Waals surface area contributed by atoms with Crippen molar-refractivity contribution in [2.45, 2.75) is 39.4 Å². The number of nitrogens with zero attached hydrogens (tertiary/aromatic N) is 5. The average Bonchev–Trinajstić information content (AvgIpc) is 3.37. The monoisotopic (exact) mass is 574 g/mol. The van der Waals surface area contributed by atoms with Crippen LogP contribution in [0.3, 0.4) is 0 Å². The summed E-state index contributed by atoms with van der Waals surface area (Å²) in [6.45, 7) is 9.29. The molecule has 1 amide bonds. The molecule has 5 rings (SSSR count). The maximum absolute atomic E-state index is 14.0. The second-order valence-corrected chi connectivity index (χ2v) is 11.0. The number of fused-ring (bicyclic) bond motifs is 1. The minimum atomic E-state index is -4.54. The molecule has 0 spiro atoms. The van der Waals surface area contributed by atoms with Crippen LogP contribution in [-0.4, -0.2) is 63.5 Å². The molecule has 0 atom stereocenters. The highest BCUT2D eigenvalue weighted by Crippen LogP contribution is 2.35. The Bertz CT molecular complexity index is 1670. The summed E-state index contributed by atoms with van der Waals surface area (Å²) in [5.74, 6) is 5.96. The number of alkyl halides is 3. The van der Waals surface area contributed by atoms with E-state index in [1.54, 1.807) is 35.1 Å². The van der Waals surface area contributed by atoms with Crippen LogP contribution in [0.25, 0.3) is 5.65 Å². The predicted molar refractivity (Wildman–Crippen MR) is 156 cm³/mol. The van der Waals surface area contributed by atoms with Crippen molar-refractivity contribution in [1.82, 2.24) is 24.4 Å². The molecule has 4 aromatic rings. The van der Waals surface area contributed by atoms with Crippen molar-refractivity contribution in [3.05, 3.63) is 93.9 Å². The van der Waals surface area contributed by atoms with Gasteiger partial charge in [0.25, 0.3) is 5.91 Å². The van der Waals surface area contributed by atoms with Gasteiger partial charge in [-0.25, -0.2) is 9.50 Å². The first-order valence-electron chi connectivity index (χ1n) is 13.9. The van der Waals surface area contributed by atoms with Gasteiger partial charge in [-0.15, -0.1) is 0 Å². The SMILES string of the molecule is Cc1ccc(C(=O)Nc2ccc(CN3CCN(C)CC3)c(C(F)(F)F)c2)cc1C#Cc1cnc2c(C(C)C)ccnn12. The lowest BCUT2D eigenvalue weighted by Crippen LogP contribution is -2.44. The van der Waals surface area contributed by atoms with E-state index < -0.39 is 17.6 Å². The largest absolute Gasteiger partial charge is 0.416 e. The Morgan fingerprint density at radius 3 is 2.52 bits per heavy atom. The third kappa shape index (κ3) is 6.48. The van der Waals surface area contributed by atoms with Crippen LogP contribution in [0.2, 0.25) is 0 Å². The topological polar surface area (TPSA) is 65.8 Å². The van der Waals surface area contributed by atoms with Gasteiger partial charge in [0.15, 0.2) is 5.65 Å². The van der Waals surface area contributed by atoms with E-state index in [4.69, 9.17) is 0 Å². The third-order valence-electron chi connectivity index (χ3n) is 7.54. The van der Waals surface area contributed by atoms with Crippen LogP contribution in [0, 0.1) is 18.8 Å². The maximum atomic E-state index is 14.0. The maximum Gasteiger partial charge on any atom is 0.416 e. The molecule has 10 heteroatoms. The highest BCUT2D eigenvalue weighted by Gasteiger charge is 2.34. The lowest BCUT2D eigenvalue weighted by molar-refractivity contribution is -0.138. The first-order valence-corrected chi connectivity index (χ1v) is 13.9. The number of carbonyl (C=O) groups excluding carboxylic acids is 1. The zero-order valence-electron chi connectivity index (χ0n) is 24.1. The summed E-state index contributed by atoms with van der Waals surface area (Å²) in [5.41, 5.74) is 3.73. The average molecular weight is 575 g/mol. The molecule has 1 aliphatic rings. The van der Waals surface area contributed by atoms with Gasteiger partial charge in [0.2, 0.25) is 0 Å². The van der Waals surface area contributed by atoms with Crippen LogP contribution < -0.4 is 5.32 Å². The van der Waals surface area contributed by atoms with Gasteiger partial charge in [0.05, 0.1) is 11.8 Å². The van der Waals surface area contributed by atoms with Crippen LogP contribution in [0.4, 0.5) is 18.9 Å². The van der Waals surface area contributed by atoms with Crippen LogP contribution in [0.15, 0.2) is 54.9 Å². The Hall–Kier alpha value is -4.20. The van der Waals surface area contributed by atoms with Crippen molar-refractivity contribution >= 4 is 17.2 Å². The van der Waals surface area contributed by atoms with E-state index in [0.29, 0.717) is 29.9 Å². The van der Waals surface area contributed by atoms with Gasteiger partial charge < -0.3 is 10.2 Å². The molecule has 1 saturated heterocycles. The molecule has 3 heterocycles. The van der Waals surface area contributed by atoms with Crippen LogP contribution >= 0.6 is 0 Å². The molecule has 0 unspecified atom stereocenters. The summed E-state index contributed by atoms with van der Waals surface area (Å²) in [5, 5.41) is 7.01. The molecule has 7 nitrogen and oxygen atoms in total. The van der Waals surface area contributed by atoms with Gasteiger partial charge in [-0.05, 0) is 67.3 Å². The number of hydrogen-bond acceptors (Lipinski definition) is 5. The second kappa shape index (κ2) is 12.0. The van der Waals surface area contributed by atoms with Gasteiger partial charge in [-0.3, -0.25) is 9.69 Å². The minimum absolute atomic E-state index is 0.0837. The predicted octanol–water partition coefficient (Wildman–Crippen LogP) is 5.58. The Labute approximate surface area is 243 Å². The second-order valence-electron chi connectivity index (χ2n) is 11.0. The summed E-state index contributed by atoms with van der Waals surface area (Å²) in [7, 11) is 2.00. The fourth-order valence-electron chi connectivity index (χ4n) is 4.99. The van der Waals surface area contributed by atoms with Gasteiger partial charge >= 0.3 is 6.18 Å². The molecule has 42 heavy (non-hydrogen) atoms. The lowest BCUT2D eigenvalue weighted by atomic mass is 10.0. The number of halogens is 3. The van der Waals surface area contributed by atoms with E-state index in [1.807, 2.05) is 24.9 Å². The Morgan fingerprint density at radius 2 is 1.81 bits per heavy atom. The van der Waals surface area contributed by atoms with E-state index in [9.17, 15) is 18.0 Å². The van der Waals surface area contributed by atoms with Crippen LogP contribution in [-0.2, 0) is 12.7 Å². The Balaban J connectivity index is 1.36. The summed E-state index contributed by atoms with van der Waals surface area (Å²) < 4.78 is 43.7. The van der Waals surface area contributed by atoms with E-state index in [0.717, 1.165) is 35.9 Å². The third-order valence-corrected chi connectivity index (χ3v) is 7.54. The molecule has 0 radical (unpaired) electrons. The molecule has 218 valence electrons. The molecule has 0 bridgehead atoms. The lowest BCUT2D eigenvalue weighted by Gasteiger charge is -2.33. The minimum Gasteiger partial charge on any atom is -0.322 e. The van der Waals surface area contributed by atoms with Gasteiger partial charge in [-0.1, -0.05) is 31.9 Å². The first-order chi connectivity index (χ1) is 20.0. The molecule has 1 N–H and O–H groups in total. The number of aromatic nitrogens is 3. The highest BCUT2D eigenvalue weighted by atomic mass is 19.4. The number of carbonyl (C=O) groups is 1. The van der Waals surface area contributed by atoms with Crippen molar-refractivity contribution in [1.29, 1.82) is 0 Å².